The van der Waals surface area contributed by atoms with Crippen LogP contribution < -0.4 is 4.90 Å². The molecule has 1 saturated heterocycles. The molecule has 5 heteroatoms. The van der Waals surface area contributed by atoms with Gasteiger partial charge >= 0.3 is 0 Å². The number of nitrogens with zero attached hydrogens (tertiary/aromatic N) is 3. The van der Waals surface area contributed by atoms with Gasteiger partial charge in [0.1, 0.15) is 0 Å². The van der Waals surface area contributed by atoms with Gasteiger partial charge in [0.25, 0.3) is 0 Å². The molecular weight excluding hydrogens is 241 g/mol. The minimum Gasteiger partial charge on any atom is -0.350 e. The van der Waals surface area contributed by atoms with E-state index in [1.165, 1.54) is 12.3 Å². The van der Waals surface area contributed by atoms with Crippen molar-refractivity contribution in [3.05, 3.63) is 23.1 Å². The molecule has 0 aliphatic carbocycles. The maximum atomic E-state index is 13.8. The van der Waals surface area contributed by atoms with E-state index in [-0.39, 0.29) is 5.82 Å². The number of hydrogen-bond donors (Lipinski definition) is 0. The molecule has 2 rings (SSSR count). The van der Waals surface area contributed by atoms with Gasteiger partial charge in [-0.05, 0) is 33.0 Å². The minimum absolute atomic E-state index is 0.330. The van der Waals surface area contributed by atoms with E-state index in [1.807, 2.05) is 19.0 Å². The highest BCUT2D eigenvalue weighted by Crippen LogP contribution is 2.27. The second-order valence-corrected chi connectivity index (χ2v) is 5.15. The molecular formula is C12H17ClFN3. The van der Waals surface area contributed by atoms with Gasteiger partial charge in [0, 0.05) is 25.3 Å². The number of halogens is 2. The average Bonchev–Trinajstić information content (AvgIpc) is 2.65. The summed E-state index contributed by atoms with van der Waals surface area (Å²) in [4.78, 5) is 8.29. The van der Waals surface area contributed by atoms with E-state index in [0.717, 1.165) is 25.9 Å². The lowest BCUT2D eigenvalue weighted by atomic mass is 10.2. The van der Waals surface area contributed by atoms with Gasteiger partial charge in [-0.25, -0.2) is 9.37 Å². The van der Waals surface area contributed by atoms with E-state index >= 15 is 0 Å². The Hall–Kier alpha value is -0.870. The zero-order valence-corrected chi connectivity index (χ0v) is 10.9. The fraction of sp³-hybridized carbons (Fsp3) is 0.583. The Morgan fingerprint density at radius 1 is 1.59 bits per heavy atom. The molecule has 1 fully saturated rings. The molecule has 0 bridgehead atoms. The quantitative estimate of drug-likeness (QED) is 0.829. The van der Waals surface area contributed by atoms with Crippen molar-refractivity contribution in [2.75, 3.05) is 32.1 Å². The van der Waals surface area contributed by atoms with Crippen LogP contribution in [0.5, 0.6) is 0 Å². The predicted octanol–water partition coefficient (Wildman–Crippen LogP) is 2.40. The highest BCUT2D eigenvalue weighted by atomic mass is 35.5. The van der Waals surface area contributed by atoms with E-state index in [9.17, 15) is 4.39 Å². The Labute approximate surface area is 106 Å². The third-order valence-corrected chi connectivity index (χ3v) is 3.22. The van der Waals surface area contributed by atoms with Crippen molar-refractivity contribution in [1.29, 1.82) is 0 Å². The van der Waals surface area contributed by atoms with Crippen LogP contribution in [0, 0.1) is 5.82 Å². The van der Waals surface area contributed by atoms with Crippen molar-refractivity contribution in [3.8, 4) is 0 Å². The van der Waals surface area contributed by atoms with Gasteiger partial charge in [-0.3, -0.25) is 0 Å². The molecule has 0 spiro atoms. The molecule has 0 aromatic carbocycles. The van der Waals surface area contributed by atoms with Gasteiger partial charge in [-0.15, -0.1) is 0 Å². The molecule has 0 amide bonds. The molecule has 1 atom stereocenters. The van der Waals surface area contributed by atoms with Crippen LogP contribution in [0.1, 0.15) is 12.8 Å². The van der Waals surface area contributed by atoms with E-state index in [4.69, 9.17) is 11.6 Å². The van der Waals surface area contributed by atoms with Crippen LogP contribution in [0.3, 0.4) is 0 Å². The maximum Gasteiger partial charge on any atom is 0.167 e. The molecule has 1 unspecified atom stereocenters. The third-order valence-electron chi connectivity index (χ3n) is 3.01. The minimum atomic E-state index is -0.330. The monoisotopic (exact) mass is 257 g/mol. The summed E-state index contributed by atoms with van der Waals surface area (Å²) in [7, 11) is 4.06. The smallest absolute Gasteiger partial charge is 0.167 e. The second kappa shape index (κ2) is 5.19. The van der Waals surface area contributed by atoms with Crippen LogP contribution in [0.4, 0.5) is 10.2 Å². The molecule has 3 nitrogen and oxygen atoms in total. The van der Waals surface area contributed by atoms with Crippen LogP contribution >= 0.6 is 11.6 Å². The van der Waals surface area contributed by atoms with E-state index in [0.29, 0.717) is 16.9 Å². The first kappa shape index (κ1) is 12.6. The SMILES string of the molecule is CN(C)CC1CCCN1c1ncc(Cl)cc1F. The fourth-order valence-electron chi connectivity index (χ4n) is 2.34. The Balaban J connectivity index is 2.20. The van der Waals surface area contributed by atoms with E-state index < -0.39 is 0 Å². The van der Waals surface area contributed by atoms with Crippen LogP contribution in [0.15, 0.2) is 12.3 Å². The van der Waals surface area contributed by atoms with Crippen molar-refractivity contribution in [2.24, 2.45) is 0 Å². The predicted molar refractivity (Wildman–Crippen MR) is 68.1 cm³/mol. The van der Waals surface area contributed by atoms with Crippen LogP contribution in [-0.4, -0.2) is 43.1 Å². The Morgan fingerprint density at radius 2 is 2.35 bits per heavy atom. The molecule has 0 N–H and O–H groups in total. The summed E-state index contributed by atoms with van der Waals surface area (Å²) in [5.74, 6) is 0.0990. The summed E-state index contributed by atoms with van der Waals surface area (Å²) < 4.78 is 13.8. The standard InChI is InChI=1S/C12H17ClFN3/c1-16(2)8-10-4-3-5-17(10)12-11(14)6-9(13)7-15-12/h6-7,10H,3-5,8H2,1-2H3. The molecule has 94 valence electrons. The average molecular weight is 258 g/mol. The summed E-state index contributed by atoms with van der Waals surface area (Å²) in [5.41, 5.74) is 0. The molecule has 0 saturated carbocycles. The molecule has 1 aliphatic rings. The molecule has 1 aromatic heterocycles. The number of pyridine rings is 1. The highest BCUT2D eigenvalue weighted by molar-refractivity contribution is 6.30. The van der Waals surface area contributed by atoms with Crippen LogP contribution in [0.2, 0.25) is 5.02 Å². The summed E-state index contributed by atoms with van der Waals surface area (Å²) >= 11 is 5.72. The van der Waals surface area contributed by atoms with Crippen molar-refractivity contribution >= 4 is 17.4 Å². The Kier molecular flexibility index (Phi) is 3.84. The first-order valence-electron chi connectivity index (χ1n) is 5.80. The lowest BCUT2D eigenvalue weighted by Gasteiger charge is -2.28. The Morgan fingerprint density at radius 3 is 3.00 bits per heavy atom. The molecule has 2 heterocycles. The van der Waals surface area contributed by atoms with Gasteiger partial charge in [0.2, 0.25) is 0 Å². The molecule has 1 aliphatic heterocycles. The van der Waals surface area contributed by atoms with Gasteiger partial charge in [0.05, 0.1) is 5.02 Å². The molecule has 0 radical (unpaired) electrons. The zero-order chi connectivity index (χ0) is 12.4. The molecule has 17 heavy (non-hydrogen) atoms. The first-order chi connectivity index (χ1) is 8.08. The topological polar surface area (TPSA) is 19.4 Å². The largest absolute Gasteiger partial charge is 0.350 e. The van der Waals surface area contributed by atoms with E-state index in [1.54, 1.807) is 0 Å². The van der Waals surface area contributed by atoms with E-state index in [2.05, 4.69) is 9.88 Å². The van der Waals surface area contributed by atoms with Crippen molar-refractivity contribution in [3.63, 3.8) is 0 Å². The lowest BCUT2D eigenvalue weighted by molar-refractivity contribution is 0.370. The summed E-state index contributed by atoms with van der Waals surface area (Å²) in [5, 5.41) is 0.342. The number of rotatable bonds is 3. The maximum absolute atomic E-state index is 13.8. The zero-order valence-electron chi connectivity index (χ0n) is 10.2. The number of anilines is 1. The van der Waals surface area contributed by atoms with Crippen molar-refractivity contribution in [1.82, 2.24) is 9.88 Å². The Bertz CT molecular complexity index is 397. The van der Waals surface area contributed by atoms with Gasteiger partial charge in [-0.1, -0.05) is 11.6 Å². The van der Waals surface area contributed by atoms with Gasteiger partial charge in [0.15, 0.2) is 11.6 Å². The second-order valence-electron chi connectivity index (χ2n) is 4.71. The van der Waals surface area contributed by atoms with Gasteiger partial charge in [-0.2, -0.15) is 0 Å². The number of hydrogen-bond acceptors (Lipinski definition) is 3. The first-order valence-corrected chi connectivity index (χ1v) is 6.18. The van der Waals surface area contributed by atoms with Crippen molar-refractivity contribution < 1.29 is 4.39 Å². The normalized spacial score (nSPS) is 20.3. The van der Waals surface area contributed by atoms with Crippen LogP contribution in [-0.2, 0) is 0 Å². The summed E-state index contributed by atoms with van der Waals surface area (Å²) in [6.07, 6.45) is 3.68. The highest BCUT2D eigenvalue weighted by Gasteiger charge is 2.27. The van der Waals surface area contributed by atoms with Crippen LogP contribution in [0.25, 0.3) is 0 Å². The van der Waals surface area contributed by atoms with Gasteiger partial charge < -0.3 is 9.80 Å². The third kappa shape index (κ3) is 2.87. The summed E-state index contributed by atoms with van der Waals surface area (Å²) in [6, 6.07) is 1.67. The summed E-state index contributed by atoms with van der Waals surface area (Å²) in [6.45, 7) is 1.79. The number of likely N-dealkylation sites (N-methyl/N-ethyl adjacent to an activating group) is 1. The number of aromatic nitrogens is 1. The molecule has 1 aromatic rings. The lowest BCUT2D eigenvalue weighted by Crippen LogP contribution is -2.38. The van der Waals surface area contributed by atoms with Crippen molar-refractivity contribution in [2.45, 2.75) is 18.9 Å². The fourth-order valence-corrected chi connectivity index (χ4v) is 2.49.